The van der Waals surface area contributed by atoms with Gasteiger partial charge >= 0.3 is 0 Å². The third kappa shape index (κ3) is 2.72. The number of nitrogens with one attached hydrogen (secondary N) is 1. The molecule has 19 heavy (non-hydrogen) atoms. The predicted octanol–water partition coefficient (Wildman–Crippen LogP) is 0.573. The van der Waals surface area contributed by atoms with Crippen LogP contribution in [0.3, 0.4) is 0 Å². The Hall–Kier alpha value is -1.99. The minimum absolute atomic E-state index is 0.129. The average molecular weight is 278 g/mol. The minimum atomic E-state index is -0.351. The van der Waals surface area contributed by atoms with Crippen LogP contribution in [0.15, 0.2) is 22.3 Å². The highest BCUT2D eigenvalue weighted by Gasteiger charge is 2.13. The highest BCUT2D eigenvalue weighted by Crippen LogP contribution is 2.17. The van der Waals surface area contributed by atoms with E-state index in [1.165, 1.54) is 22.0 Å². The molecular formula is C12H14N4O2S. The molecule has 0 atom stereocenters. The van der Waals surface area contributed by atoms with Gasteiger partial charge in [0, 0.05) is 11.8 Å². The van der Waals surface area contributed by atoms with Crippen LogP contribution in [0.25, 0.3) is 0 Å². The molecule has 0 fully saturated rings. The lowest BCUT2D eigenvalue weighted by molar-refractivity contribution is 0.0956. The molecule has 3 N–H and O–H groups in total. The molecule has 0 saturated heterocycles. The summed E-state index contributed by atoms with van der Waals surface area (Å²) in [6.07, 6.45) is 0. The summed E-state index contributed by atoms with van der Waals surface area (Å²) >= 11 is 1.29. The molecule has 0 saturated carbocycles. The lowest BCUT2D eigenvalue weighted by Crippen LogP contribution is -2.31. The first kappa shape index (κ1) is 13.4. The smallest absolute Gasteiger partial charge is 0.275 e. The first-order chi connectivity index (χ1) is 9.02. The number of nitrogen functional groups attached to an aromatic ring is 1. The summed E-state index contributed by atoms with van der Waals surface area (Å²) in [6.45, 7) is 3.85. The fraction of sp³-hybridized carbons (Fsp3) is 0.250. The number of hydrazine groups is 1. The second kappa shape index (κ2) is 5.33. The minimum Gasteiger partial charge on any atom is -0.292 e. The normalized spacial score (nSPS) is 10.5. The standard InChI is InChI=1S/C12H14N4O2S/c1-7-5-10(17)16(8(2)14-7)6-9-3-4-19-11(9)12(18)15-13/h3-5H,6,13H2,1-2H3,(H,15,18). The van der Waals surface area contributed by atoms with E-state index in [9.17, 15) is 9.59 Å². The lowest BCUT2D eigenvalue weighted by atomic mass is 10.2. The summed E-state index contributed by atoms with van der Waals surface area (Å²) < 4.78 is 1.53. The van der Waals surface area contributed by atoms with Crippen LogP contribution in [0, 0.1) is 13.8 Å². The first-order valence-corrected chi connectivity index (χ1v) is 6.53. The van der Waals surface area contributed by atoms with Crippen LogP contribution in [0.2, 0.25) is 0 Å². The molecular weight excluding hydrogens is 264 g/mol. The van der Waals surface area contributed by atoms with Crippen molar-refractivity contribution in [1.82, 2.24) is 15.0 Å². The quantitative estimate of drug-likeness (QED) is 0.488. The van der Waals surface area contributed by atoms with Crippen molar-refractivity contribution in [2.75, 3.05) is 0 Å². The van der Waals surface area contributed by atoms with E-state index in [-0.39, 0.29) is 11.5 Å². The van der Waals surface area contributed by atoms with Gasteiger partial charge in [0.15, 0.2) is 0 Å². The van der Waals surface area contributed by atoms with E-state index in [1.807, 2.05) is 0 Å². The molecule has 0 radical (unpaired) electrons. The van der Waals surface area contributed by atoms with E-state index >= 15 is 0 Å². The monoisotopic (exact) mass is 278 g/mol. The molecule has 6 nitrogen and oxygen atoms in total. The van der Waals surface area contributed by atoms with Gasteiger partial charge < -0.3 is 0 Å². The Balaban J connectivity index is 2.40. The number of carbonyl (C=O) groups excluding carboxylic acids is 1. The van der Waals surface area contributed by atoms with E-state index in [2.05, 4.69) is 10.4 Å². The maximum absolute atomic E-state index is 11.9. The van der Waals surface area contributed by atoms with E-state index in [4.69, 9.17) is 5.84 Å². The van der Waals surface area contributed by atoms with Crippen LogP contribution in [0.4, 0.5) is 0 Å². The van der Waals surface area contributed by atoms with Gasteiger partial charge in [0.1, 0.15) is 5.82 Å². The van der Waals surface area contributed by atoms with Crippen LogP contribution in [0.5, 0.6) is 0 Å². The highest BCUT2D eigenvalue weighted by atomic mass is 32.1. The van der Waals surface area contributed by atoms with Crippen LogP contribution >= 0.6 is 11.3 Å². The number of nitrogens with zero attached hydrogens (tertiary/aromatic N) is 2. The van der Waals surface area contributed by atoms with Gasteiger partial charge in [-0.3, -0.25) is 19.6 Å². The molecule has 1 amide bonds. The Morgan fingerprint density at radius 1 is 1.53 bits per heavy atom. The van der Waals surface area contributed by atoms with Crippen LogP contribution in [-0.4, -0.2) is 15.5 Å². The number of nitrogens with two attached hydrogens (primary N) is 1. The van der Waals surface area contributed by atoms with Crippen molar-refractivity contribution in [1.29, 1.82) is 0 Å². The number of hydrogen-bond acceptors (Lipinski definition) is 5. The Labute approximate surface area is 113 Å². The van der Waals surface area contributed by atoms with E-state index in [0.29, 0.717) is 22.9 Å². The number of thiophene rings is 1. The van der Waals surface area contributed by atoms with Gasteiger partial charge in [0.05, 0.1) is 11.4 Å². The fourth-order valence-corrected chi connectivity index (χ4v) is 2.67. The molecule has 0 aliphatic carbocycles. The third-order valence-corrected chi connectivity index (χ3v) is 3.70. The molecule has 100 valence electrons. The third-order valence-electron chi connectivity index (χ3n) is 2.74. The van der Waals surface area contributed by atoms with Crippen LogP contribution < -0.4 is 16.8 Å². The lowest BCUT2D eigenvalue weighted by Gasteiger charge is -2.09. The number of rotatable bonds is 3. The molecule has 0 aromatic carbocycles. The number of amides is 1. The Bertz CT molecular complexity index is 675. The molecule has 0 unspecified atom stereocenters. The zero-order valence-electron chi connectivity index (χ0n) is 10.6. The van der Waals surface area contributed by atoms with Gasteiger partial charge in [-0.1, -0.05) is 0 Å². The molecule has 7 heteroatoms. The zero-order valence-corrected chi connectivity index (χ0v) is 11.5. The highest BCUT2D eigenvalue weighted by molar-refractivity contribution is 7.12. The maximum Gasteiger partial charge on any atom is 0.275 e. The van der Waals surface area contributed by atoms with Crippen molar-refractivity contribution >= 4 is 17.2 Å². The topological polar surface area (TPSA) is 90.0 Å². The predicted molar refractivity (Wildman–Crippen MR) is 73.0 cm³/mol. The first-order valence-electron chi connectivity index (χ1n) is 5.65. The molecule has 0 spiro atoms. The van der Waals surface area contributed by atoms with Gasteiger partial charge in [0.2, 0.25) is 0 Å². The zero-order chi connectivity index (χ0) is 14.0. The molecule has 0 aliphatic heterocycles. The SMILES string of the molecule is Cc1cc(=O)n(Cc2ccsc2C(=O)NN)c(C)n1. The van der Waals surface area contributed by atoms with Crippen molar-refractivity contribution < 1.29 is 4.79 Å². The van der Waals surface area contributed by atoms with Gasteiger partial charge in [-0.05, 0) is 30.9 Å². The summed E-state index contributed by atoms with van der Waals surface area (Å²) in [4.78, 5) is 28.3. The molecule has 2 aromatic heterocycles. The number of aromatic nitrogens is 2. The Morgan fingerprint density at radius 2 is 2.26 bits per heavy atom. The summed E-state index contributed by atoms with van der Waals surface area (Å²) in [5, 5.41) is 1.79. The molecule has 2 heterocycles. The van der Waals surface area contributed by atoms with Crippen molar-refractivity contribution in [2.24, 2.45) is 5.84 Å². The largest absolute Gasteiger partial charge is 0.292 e. The summed E-state index contributed by atoms with van der Waals surface area (Å²) in [5.41, 5.74) is 3.41. The second-order valence-corrected chi connectivity index (χ2v) is 5.03. The summed E-state index contributed by atoms with van der Waals surface area (Å²) in [6, 6.07) is 3.28. The van der Waals surface area contributed by atoms with Gasteiger partial charge in [-0.2, -0.15) is 0 Å². The maximum atomic E-state index is 11.9. The fourth-order valence-electron chi connectivity index (χ4n) is 1.85. The van der Waals surface area contributed by atoms with Crippen molar-refractivity contribution in [3.05, 3.63) is 49.8 Å². The van der Waals surface area contributed by atoms with E-state index < -0.39 is 0 Å². The number of hydrogen-bond donors (Lipinski definition) is 2. The molecule has 2 aromatic rings. The van der Waals surface area contributed by atoms with E-state index in [1.54, 1.807) is 25.3 Å². The number of aryl methyl sites for hydroxylation is 2. The Morgan fingerprint density at radius 3 is 2.89 bits per heavy atom. The summed E-state index contributed by atoms with van der Waals surface area (Å²) in [5.74, 6) is 5.40. The van der Waals surface area contributed by atoms with Crippen LogP contribution in [-0.2, 0) is 6.54 Å². The second-order valence-electron chi connectivity index (χ2n) is 4.12. The molecule has 0 aliphatic rings. The molecule has 2 rings (SSSR count). The van der Waals surface area contributed by atoms with Gasteiger partial charge in [-0.25, -0.2) is 10.8 Å². The number of carbonyl (C=O) groups is 1. The van der Waals surface area contributed by atoms with Crippen molar-refractivity contribution in [2.45, 2.75) is 20.4 Å². The van der Waals surface area contributed by atoms with Crippen molar-refractivity contribution in [3.63, 3.8) is 0 Å². The Kier molecular flexibility index (Phi) is 3.77. The van der Waals surface area contributed by atoms with Crippen molar-refractivity contribution in [3.8, 4) is 0 Å². The summed E-state index contributed by atoms with van der Waals surface area (Å²) in [7, 11) is 0. The van der Waals surface area contributed by atoms with Crippen LogP contribution in [0.1, 0.15) is 26.8 Å². The van der Waals surface area contributed by atoms with E-state index in [0.717, 1.165) is 5.56 Å². The average Bonchev–Trinajstić information content (AvgIpc) is 2.80. The van der Waals surface area contributed by atoms with Gasteiger partial charge in [0.25, 0.3) is 11.5 Å². The molecule has 0 bridgehead atoms. The van der Waals surface area contributed by atoms with Gasteiger partial charge in [-0.15, -0.1) is 11.3 Å².